The quantitative estimate of drug-likeness (QED) is 0.566. The lowest BCUT2D eigenvalue weighted by atomic mass is 10.1. The Morgan fingerprint density at radius 3 is 2.41 bits per heavy atom. The van der Waals surface area contributed by atoms with Crippen molar-refractivity contribution in [2.75, 3.05) is 20.1 Å². The van der Waals surface area contributed by atoms with Gasteiger partial charge in [0.05, 0.1) is 6.54 Å². The first-order chi connectivity index (χ1) is 14.1. The molecular weight excluding hydrogens is 366 g/mol. The minimum absolute atomic E-state index is 0.0679. The highest BCUT2D eigenvalue weighted by molar-refractivity contribution is 5.95. The molecule has 2 amide bonds. The van der Waals surface area contributed by atoms with Gasteiger partial charge >= 0.3 is 0 Å². The Labute approximate surface area is 170 Å². The third-order valence-electron chi connectivity index (χ3n) is 4.68. The van der Waals surface area contributed by atoms with Crippen LogP contribution in [0.3, 0.4) is 0 Å². The van der Waals surface area contributed by atoms with E-state index in [1.807, 2.05) is 48.5 Å². The second kappa shape index (κ2) is 10.2. The number of hydrogen-bond donors (Lipinski definition) is 1. The molecule has 0 radical (unpaired) electrons. The van der Waals surface area contributed by atoms with Crippen LogP contribution >= 0.6 is 0 Å². The van der Waals surface area contributed by atoms with Crippen LogP contribution in [0.1, 0.15) is 28.9 Å². The molecule has 1 N–H and O–H groups in total. The summed E-state index contributed by atoms with van der Waals surface area (Å²) < 4.78 is 5.22. The highest BCUT2D eigenvalue weighted by Gasteiger charge is 2.16. The average molecular weight is 391 g/mol. The molecule has 0 aliphatic heterocycles. The zero-order chi connectivity index (χ0) is 20.5. The maximum Gasteiger partial charge on any atom is 0.273 e. The highest BCUT2D eigenvalue weighted by atomic mass is 16.5. The minimum Gasteiger partial charge on any atom is -0.355 e. The molecule has 2 aromatic carbocycles. The zero-order valence-electron chi connectivity index (χ0n) is 16.5. The van der Waals surface area contributed by atoms with Gasteiger partial charge in [-0.2, -0.15) is 0 Å². The Kier molecular flexibility index (Phi) is 7.16. The summed E-state index contributed by atoms with van der Waals surface area (Å²) in [6.45, 7) is 0.588. The van der Waals surface area contributed by atoms with E-state index in [0.29, 0.717) is 12.3 Å². The third kappa shape index (κ3) is 6.04. The van der Waals surface area contributed by atoms with Crippen molar-refractivity contribution in [1.29, 1.82) is 0 Å². The molecule has 0 saturated heterocycles. The van der Waals surface area contributed by atoms with Crippen molar-refractivity contribution in [3.63, 3.8) is 0 Å². The molecule has 1 aromatic heterocycles. The first-order valence-corrected chi connectivity index (χ1v) is 9.71. The Morgan fingerprint density at radius 2 is 1.69 bits per heavy atom. The second-order valence-electron chi connectivity index (χ2n) is 6.88. The number of aryl methyl sites for hydroxylation is 1. The van der Waals surface area contributed by atoms with Gasteiger partial charge in [0.25, 0.3) is 5.91 Å². The summed E-state index contributed by atoms with van der Waals surface area (Å²) in [5.74, 6) is -0.0517. The normalized spacial score (nSPS) is 10.5. The number of nitrogens with one attached hydrogen (secondary N) is 1. The minimum atomic E-state index is -0.429. The SMILES string of the molecule is CN(CCCCc1ccccc1)C(=O)CNC(=O)c1cc(-c2ccccc2)on1. The van der Waals surface area contributed by atoms with Gasteiger partial charge in [-0.25, -0.2) is 0 Å². The van der Waals surface area contributed by atoms with Gasteiger partial charge in [-0.1, -0.05) is 65.8 Å². The fraction of sp³-hybridized carbons (Fsp3) is 0.261. The van der Waals surface area contributed by atoms with Crippen molar-refractivity contribution < 1.29 is 14.1 Å². The lowest BCUT2D eigenvalue weighted by molar-refractivity contribution is -0.128. The molecule has 150 valence electrons. The molecule has 0 unspecified atom stereocenters. The van der Waals surface area contributed by atoms with Crippen LogP contribution in [0.25, 0.3) is 11.3 Å². The number of amides is 2. The summed E-state index contributed by atoms with van der Waals surface area (Å²) >= 11 is 0. The third-order valence-corrected chi connectivity index (χ3v) is 4.68. The van der Waals surface area contributed by atoms with Crippen molar-refractivity contribution in [2.45, 2.75) is 19.3 Å². The van der Waals surface area contributed by atoms with E-state index in [-0.39, 0.29) is 18.1 Å². The van der Waals surface area contributed by atoms with E-state index < -0.39 is 5.91 Å². The molecule has 0 spiro atoms. The first kappa shape index (κ1) is 20.3. The Balaban J connectivity index is 1.39. The Morgan fingerprint density at radius 1 is 1.00 bits per heavy atom. The smallest absolute Gasteiger partial charge is 0.273 e. The number of rotatable bonds is 9. The van der Waals surface area contributed by atoms with Crippen LogP contribution in [0.5, 0.6) is 0 Å². The van der Waals surface area contributed by atoms with Gasteiger partial charge in [0.1, 0.15) is 0 Å². The second-order valence-corrected chi connectivity index (χ2v) is 6.88. The fourth-order valence-corrected chi connectivity index (χ4v) is 2.95. The standard InChI is InChI=1S/C23H25N3O3/c1-26(15-9-8-12-18-10-4-2-5-11-18)22(27)17-24-23(28)20-16-21(29-25-20)19-13-6-3-7-14-19/h2-7,10-11,13-14,16H,8-9,12,15,17H2,1H3,(H,24,28). The Bertz CT molecular complexity index is 923. The molecule has 6 heteroatoms. The molecule has 29 heavy (non-hydrogen) atoms. The average Bonchev–Trinajstić information content (AvgIpc) is 3.26. The number of aromatic nitrogens is 1. The van der Waals surface area contributed by atoms with Crippen molar-refractivity contribution in [2.24, 2.45) is 0 Å². The van der Waals surface area contributed by atoms with Gasteiger partial charge in [0.15, 0.2) is 11.5 Å². The van der Waals surface area contributed by atoms with Crippen molar-refractivity contribution >= 4 is 11.8 Å². The maximum atomic E-state index is 12.2. The van der Waals surface area contributed by atoms with E-state index in [1.165, 1.54) is 5.56 Å². The summed E-state index contributed by atoms with van der Waals surface area (Å²) in [6.07, 6.45) is 2.92. The predicted molar refractivity (Wildman–Crippen MR) is 111 cm³/mol. The zero-order valence-corrected chi connectivity index (χ0v) is 16.5. The summed E-state index contributed by atoms with van der Waals surface area (Å²) in [7, 11) is 1.75. The summed E-state index contributed by atoms with van der Waals surface area (Å²) in [4.78, 5) is 26.1. The van der Waals surface area contributed by atoms with E-state index in [2.05, 4.69) is 22.6 Å². The number of benzene rings is 2. The number of carbonyl (C=O) groups excluding carboxylic acids is 2. The lowest BCUT2D eigenvalue weighted by Gasteiger charge is -2.17. The molecule has 0 aliphatic carbocycles. The van der Waals surface area contributed by atoms with Crippen LogP contribution in [0.2, 0.25) is 0 Å². The molecule has 0 fully saturated rings. The molecule has 3 rings (SSSR count). The molecule has 0 aliphatic rings. The summed E-state index contributed by atoms with van der Waals surface area (Å²) in [5, 5.41) is 6.40. The van der Waals surface area contributed by atoms with E-state index >= 15 is 0 Å². The largest absolute Gasteiger partial charge is 0.355 e. The van der Waals surface area contributed by atoms with Gasteiger partial charge < -0.3 is 14.7 Å². The first-order valence-electron chi connectivity index (χ1n) is 9.71. The molecule has 0 saturated carbocycles. The number of carbonyl (C=O) groups is 2. The van der Waals surface area contributed by atoms with Crippen LogP contribution in [-0.2, 0) is 11.2 Å². The highest BCUT2D eigenvalue weighted by Crippen LogP contribution is 2.19. The number of nitrogens with zero attached hydrogens (tertiary/aromatic N) is 2. The molecule has 0 atom stereocenters. The van der Waals surface area contributed by atoms with Crippen LogP contribution in [0.15, 0.2) is 71.3 Å². The maximum absolute atomic E-state index is 12.2. The molecule has 6 nitrogen and oxygen atoms in total. The molecular formula is C23H25N3O3. The van der Waals surface area contributed by atoms with Crippen molar-refractivity contribution in [3.8, 4) is 11.3 Å². The van der Waals surface area contributed by atoms with Crippen LogP contribution in [0.4, 0.5) is 0 Å². The van der Waals surface area contributed by atoms with Gasteiger partial charge in [-0.05, 0) is 24.8 Å². The van der Waals surface area contributed by atoms with E-state index in [1.54, 1.807) is 18.0 Å². The van der Waals surface area contributed by atoms with Gasteiger partial charge in [0, 0.05) is 25.2 Å². The fourth-order valence-electron chi connectivity index (χ4n) is 2.95. The van der Waals surface area contributed by atoms with Gasteiger partial charge in [-0.15, -0.1) is 0 Å². The van der Waals surface area contributed by atoms with Crippen LogP contribution < -0.4 is 5.32 Å². The molecule has 0 bridgehead atoms. The van der Waals surface area contributed by atoms with Crippen molar-refractivity contribution in [1.82, 2.24) is 15.4 Å². The van der Waals surface area contributed by atoms with Crippen LogP contribution in [-0.4, -0.2) is 42.0 Å². The number of unbranched alkanes of at least 4 members (excludes halogenated alkanes) is 1. The molecule has 3 aromatic rings. The lowest BCUT2D eigenvalue weighted by Crippen LogP contribution is -2.38. The number of hydrogen-bond acceptors (Lipinski definition) is 4. The molecule has 1 heterocycles. The van der Waals surface area contributed by atoms with Crippen LogP contribution in [0, 0.1) is 0 Å². The Hall–Kier alpha value is -3.41. The topological polar surface area (TPSA) is 75.4 Å². The van der Waals surface area contributed by atoms with E-state index in [4.69, 9.17) is 4.52 Å². The van der Waals surface area contributed by atoms with E-state index in [0.717, 1.165) is 24.8 Å². The predicted octanol–water partition coefficient (Wildman–Crippen LogP) is 3.55. The van der Waals surface area contributed by atoms with Gasteiger partial charge in [-0.3, -0.25) is 9.59 Å². The van der Waals surface area contributed by atoms with Crippen molar-refractivity contribution in [3.05, 3.63) is 78.0 Å². The van der Waals surface area contributed by atoms with Gasteiger partial charge in [0.2, 0.25) is 5.91 Å². The van der Waals surface area contributed by atoms with E-state index in [9.17, 15) is 9.59 Å². The summed E-state index contributed by atoms with van der Waals surface area (Å²) in [5.41, 5.74) is 2.30. The number of likely N-dealkylation sites (N-methyl/N-ethyl adjacent to an activating group) is 1. The monoisotopic (exact) mass is 391 g/mol. The summed E-state index contributed by atoms with van der Waals surface area (Å²) in [6, 6.07) is 21.3.